The zero-order valence-electron chi connectivity index (χ0n) is 13.8. The minimum absolute atomic E-state index is 0. The molecule has 0 heterocycles. The van der Waals surface area contributed by atoms with Crippen molar-refractivity contribution in [1.29, 1.82) is 0 Å². The summed E-state index contributed by atoms with van der Waals surface area (Å²) in [5.41, 5.74) is 0. The van der Waals surface area contributed by atoms with Crippen molar-refractivity contribution in [3.05, 3.63) is 0 Å². The molecule has 0 aromatic carbocycles. The minimum atomic E-state index is 0. The molecule has 2 unspecified atom stereocenters. The molecule has 122 valence electrons. The molecule has 0 aromatic rings. The van der Waals surface area contributed by atoms with E-state index in [-0.39, 0.29) is 30.6 Å². The maximum absolute atomic E-state index is 9.12. The Labute approximate surface area is 142 Å². The van der Waals surface area contributed by atoms with Gasteiger partial charge in [0, 0.05) is 25.7 Å². The van der Waals surface area contributed by atoms with Crippen molar-refractivity contribution >= 4 is 29.9 Å². The fraction of sp³-hybridized carbons (Fsp3) is 0.933. The van der Waals surface area contributed by atoms with Crippen molar-refractivity contribution in [2.24, 2.45) is 16.8 Å². The minimum Gasteiger partial charge on any atom is -0.396 e. The molecule has 0 amide bonds. The molecule has 2 atom stereocenters. The van der Waals surface area contributed by atoms with Crippen LogP contribution in [0.25, 0.3) is 0 Å². The molecule has 0 saturated carbocycles. The SMILES string of the molecule is CCNC(=NCC(CCO)CC(C)C)NC(C)CC.I. The smallest absolute Gasteiger partial charge is 0.191 e. The quantitative estimate of drug-likeness (QED) is 0.317. The van der Waals surface area contributed by atoms with Gasteiger partial charge in [-0.15, -0.1) is 24.0 Å². The van der Waals surface area contributed by atoms with Gasteiger partial charge in [-0.1, -0.05) is 20.8 Å². The zero-order chi connectivity index (χ0) is 14.7. The van der Waals surface area contributed by atoms with E-state index in [0.29, 0.717) is 17.9 Å². The van der Waals surface area contributed by atoms with Gasteiger partial charge in [-0.3, -0.25) is 4.99 Å². The van der Waals surface area contributed by atoms with Gasteiger partial charge in [-0.25, -0.2) is 0 Å². The Hall–Kier alpha value is -0.0400. The van der Waals surface area contributed by atoms with Crippen LogP contribution in [-0.2, 0) is 0 Å². The van der Waals surface area contributed by atoms with Crippen LogP contribution in [0, 0.1) is 11.8 Å². The average Bonchev–Trinajstić information content (AvgIpc) is 2.35. The maximum atomic E-state index is 9.12. The topological polar surface area (TPSA) is 56.7 Å². The van der Waals surface area contributed by atoms with Gasteiger partial charge in [-0.2, -0.15) is 0 Å². The van der Waals surface area contributed by atoms with Gasteiger partial charge < -0.3 is 15.7 Å². The van der Waals surface area contributed by atoms with E-state index in [2.05, 4.69) is 50.2 Å². The fourth-order valence-corrected chi connectivity index (χ4v) is 2.01. The van der Waals surface area contributed by atoms with Crippen LogP contribution in [0.2, 0.25) is 0 Å². The highest BCUT2D eigenvalue weighted by molar-refractivity contribution is 14.0. The predicted molar refractivity (Wildman–Crippen MR) is 98.9 cm³/mol. The molecule has 0 radical (unpaired) electrons. The second kappa shape index (κ2) is 13.9. The van der Waals surface area contributed by atoms with E-state index in [9.17, 15) is 0 Å². The molecular weight excluding hydrogens is 365 g/mol. The van der Waals surface area contributed by atoms with Crippen LogP contribution in [0.15, 0.2) is 4.99 Å². The second-order valence-electron chi connectivity index (χ2n) is 5.68. The normalized spacial score (nSPS) is 14.7. The first-order valence-corrected chi connectivity index (χ1v) is 7.69. The van der Waals surface area contributed by atoms with Crippen LogP contribution in [0.3, 0.4) is 0 Å². The molecule has 3 N–H and O–H groups in total. The number of halogens is 1. The summed E-state index contributed by atoms with van der Waals surface area (Å²) < 4.78 is 0. The average molecular weight is 399 g/mol. The molecule has 5 heteroatoms. The van der Waals surface area contributed by atoms with E-state index in [0.717, 1.165) is 38.3 Å². The third-order valence-corrected chi connectivity index (χ3v) is 3.19. The molecule has 20 heavy (non-hydrogen) atoms. The Morgan fingerprint density at radius 3 is 2.30 bits per heavy atom. The lowest BCUT2D eigenvalue weighted by atomic mass is 9.94. The van der Waals surface area contributed by atoms with E-state index in [1.807, 2.05) is 0 Å². The van der Waals surface area contributed by atoms with Gasteiger partial charge in [0.25, 0.3) is 0 Å². The Morgan fingerprint density at radius 2 is 1.85 bits per heavy atom. The van der Waals surface area contributed by atoms with E-state index in [1.165, 1.54) is 0 Å². The Bertz CT molecular complexity index is 247. The number of aliphatic hydroxyl groups excluding tert-OH is 1. The highest BCUT2D eigenvalue weighted by Crippen LogP contribution is 2.15. The third kappa shape index (κ3) is 11.8. The number of nitrogens with zero attached hydrogens (tertiary/aromatic N) is 1. The van der Waals surface area contributed by atoms with Crippen LogP contribution in [-0.4, -0.2) is 36.8 Å². The number of rotatable bonds is 9. The summed E-state index contributed by atoms with van der Waals surface area (Å²) in [6, 6.07) is 0.430. The molecule has 0 spiro atoms. The summed E-state index contributed by atoms with van der Waals surface area (Å²) in [5.74, 6) is 2.01. The highest BCUT2D eigenvalue weighted by atomic mass is 127. The van der Waals surface area contributed by atoms with Crippen molar-refractivity contribution < 1.29 is 5.11 Å². The van der Waals surface area contributed by atoms with Gasteiger partial charge in [0.1, 0.15) is 0 Å². The van der Waals surface area contributed by atoms with E-state index < -0.39 is 0 Å². The summed E-state index contributed by atoms with van der Waals surface area (Å²) in [5, 5.41) is 15.8. The molecule has 0 aromatic heterocycles. The maximum Gasteiger partial charge on any atom is 0.191 e. The first kappa shape index (κ1) is 22.2. The molecule has 0 saturated heterocycles. The van der Waals surface area contributed by atoms with E-state index in [1.54, 1.807) is 0 Å². The van der Waals surface area contributed by atoms with Gasteiger partial charge in [0.2, 0.25) is 0 Å². The number of guanidine groups is 1. The Balaban J connectivity index is 0. The van der Waals surface area contributed by atoms with Crippen molar-refractivity contribution in [2.45, 2.75) is 59.9 Å². The molecule has 0 fully saturated rings. The highest BCUT2D eigenvalue weighted by Gasteiger charge is 2.11. The standard InChI is InChI=1S/C15H33N3O.HI/c1-6-13(5)18-15(16-7-2)17-11-14(8-9-19)10-12(3)4;/h12-14,19H,6-11H2,1-5H3,(H2,16,17,18);1H. The summed E-state index contributed by atoms with van der Waals surface area (Å²) in [6.07, 6.45) is 3.04. The van der Waals surface area contributed by atoms with Gasteiger partial charge >= 0.3 is 0 Å². The first-order valence-electron chi connectivity index (χ1n) is 7.69. The molecule has 0 aliphatic carbocycles. The van der Waals surface area contributed by atoms with Crippen molar-refractivity contribution in [1.82, 2.24) is 10.6 Å². The lowest BCUT2D eigenvalue weighted by molar-refractivity contribution is 0.245. The number of aliphatic hydroxyl groups is 1. The number of nitrogens with one attached hydrogen (secondary N) is 2. The fourth-order valence-electron chi connectivity index (χ4n) is 2.01. The first-order chi connectivity index (χ1) is 9.03. The second-order valence-corrected chi connectivity index (χ2v) is 5.68. The van der Waals surface area contributed by atoms with Crippen LogP contribution in [0.4, 0.5) is 0 Å². The largest absolute Gasteiger partial charge is 0.396 e. The van der Waals surface area contributed by atoms with Crippen molar-refractivity contribution in [2.75, 3.05) is 19.7 Å². The lowest BCUT2D eigenvalue weighted by Crippen LogP contribution is -2.42. The summed E-state index contributed by atoms with van der Waals surface area (Å²) in [7, 11) is 0. The Kier molecular flexibility index (Phi) is 15.5. The van der Waals surface area contributed by atoms with Crippen LogP contribution >= 0.6 is 24.0 Å². The third-order valence-electron chi connectivity index (χ3n) is 3.19. The van der Waals surface area contributed by atoms with E-state index in [4.69, 9.17) is 5.11 Å². The van der Waals surface area contributed by atoms with Crippen LogP contribution in [0.1, 0.15) is 53.9 Å². The van der Waals surface area contributed by atoms with Crippen LogP contribution in [0.5, 0.6) is 0 Å². The van der Waals surface area contributed by atoms with Gasteiger partial charge in [0.15, 0.2) is 5.96 Å². The summed E-state index contributed by atoms with van der Waals surface area (Å²) in [6.45, 7) is 12.7. The molecule has 0 bridgehead atoms. The monoisotopic (exact) mass is 399 g/mol. The van der Waals surface area contributed by atoms with Gasteiger partial charge in [0.05, 0.1) is 0 Å². The summed E-state index contributed by atoms with van der Waals surface area (Å²) in [4.78, 5) is 4.66. The van der Waals surface area contributed by atoms with Crippen molar-refractivity contribution in [3.8, 4) is 0 Å². The molecular formula is C15H34IN3O. The van der Waals surface area contributed by atoms with E-state index >= 15 is 0 Å². The molecule has 0 aliphatic heterocycles. The number of hydrogen-bond donors (Lipinski definition) is 3. The summed E-state index contributed by atoms with van der Waals surface area (Å²) >= 11 is 0. The van der Waals surface area contributed by atoms with Crippen LogP contribution < -0.4 is 10.6 Å². The lowest BCUT2D eigenvalue weighted by Gasteiger charge is -2.19. The Morgan fingerprint density at radius 1 is 1.20 bits per heavy atom. The number of aliphatic imine (C=N–C) groups is 1. The predicted octanol–water partition coefficient (Wildman–Crippen LogP) is 3.00. The molecule has 0 aliphatic rings. The molecule has 4 nitrogen and oxygen atoms in total. The molecule has 0 rings (SSSR count). The van der Waals surface area contributed by atoms with Gasteiger partial charge in [-0.05, 0) is 44.9 Å². The number of hydrogen-bond acceptors (Lipinski definition) is 2. The zero-order valence-corrected chi connectivity index (χ0v) is 16.1. The van der Waals surface area contributed by atoms with Crippen molar-refractivity contribution in [3.63, 3.8) is 0 Å².